The molecule has 8 nitrogen and oxygen atoms in total. The molecule has 0 unspecified atom stereocenters. The van der Waals surface area contributed by atoms with E-state index in [4.69, 9.17) is 10.8 Å². The van der Waals surface area contributed by atoms with Gasteiger partial charge in [-0.3, -0.25) is 9.59 Å². The second-order valence-electron chi connectivity index (χ2n) is 2.27. The standard InChI is InChI=1S/C5H7N5O3S/c6-3(11)2-14-5-7-8-9-10(5)1-4(12)13/h1-2H2,(H2,6,11)(H,12,13). The second-order valence-corrected chi connectivity index (χ2v) is 3.21. The summed E-state index contributed by atoms with van der Waals surface area (Å²) in [5.74, 6) is -1.56. The minimum Gasteiger partial charge on any atom is -0.480 e. The van der Waals surface area contributed by atoms with Gasteiger partial charge < -0.3 is 10.8 Å². The number of nitrogens with zero attached hydrogens (tertiary/aromatic N) is 4. The number of carbonyl (C=O) groups is 2. The second kappa shape index (κ2) is 4.56. The first kappa shape index (κ1) is 10.4. The van der Waals surface area contributed by atoms with Crippen molar-refractivity contribution in [1.29, 1.82) is 0 Å². The lowest BCUT2D eigenvalue weighted by Gasteiger charge is -1.98. The third-order valence-corrected chi connectivity index (χ3v) is 2.11. The van der Waals surface area contributed by atoms with Crippen LogP contribution in [0.4, 0.5) is 0 Å². The Morgan fingerprint density at radius 1 is 1.57 bits per heavy atom. The molecule has 0 aliphatic rings. The van der Waals surface area contributed by atoms with Crippen LogP contribution >= 0.6 is 11.8 Å². The lowest BCUT2D eigenvalue weighted by atomic mass is 10.7. The molecule has 76 valence electrons. The molecule has 0 saturated carbocycles. The third-order valence-electron chi connectivity index (χ3n) is 1.13. The summed E-state index contributed by atoms with van der Waals surface area (Å²) in [5, 5.41) is 19.0. The van der Waals surface area contributed by atoms with Crippen molar-refractivity contribution >= 4 is 23.6 Å². The zero-order valence-corrected chi connectivity index (χ0v) is 7.77. The first-order chi connectivity index (χ1) is 6.59. The van der Waals surface area contributed by atoms with Gasteiger partial charge >= 0.3 is 5.97 Å². The van der Waals surface area contributed by atoms with Crippen LogP contribution in [-0.4, -0.2) is 42.9 Å². The number of carboxylic acids is 1. The number of thioether (sulfide) groups is 1. The highest BCUT2D eigenvalue weighted by atomic mass is 32.2. The molecular weight excluding hydrogens is 210 g/mol. The Morgan fingerprint density at radius 3 is 2.86 bits per heavy atom. The molecule has 1 amide bonds. The van der Waals surface area contributed by atoms with Gasteiger partial charge in [-0.05, 0) is 10.4 Å². The van der Waals surface area contributed by atoms with Crippen molar-refractivity contribution in [1.82, 2.24) is 20.2 Å². The predicted octanol–water partition coefficient (Wildman–Crippen LogP) is -1.66. The zero-order chi connectivity index (χ0) is 10.6. The molecule has 1 aromatic rings. The fraction of sp³-hybridized carbons (Fsp3) is 0.400. The van der Waals surface area contributed by atoms with Gasteiger partial charge in [0.05, 0.1) is 5.75 Å². The van der Waals surface area contributed by atoms with E-state index in [2.05, 4.69) is 15.5 Å². The van der Waals surface area contributed by atoms with Gasteiger partial charge in [0.2, 0.25) is 11.1 Å². The Morgan fingerprint density at radius 2 is 2.29 bits per heavy atom. The summed E-state index contributed by atoms with van der Waals surface area (Å²) in [6.07, 6.45) is 0. The SMILES string of the molecule is NC(=O)CSc1nnnn1CC(=O)O. The molecule has 0 bridgehead atoms. The molecule has 1 aromatic heterocycles. The summed E-state index contributed by atoms with van der Waals surface area (Å²) in [6, 6.07) is 0. The molecule has 0 aliphatic carbocycles. The fourth-order valence-electron chi connectivity index (χ4n) is 0.663. The van der Waals surface area contributed by atoms with Crippen molar-refractivity contribution in [2.24, 2.45) is 5.73 Å². The monoisotopic (exact) mass is 217 g/mol. The normalized spacial score (nSPS) is 10.0. The van der Waals surface area contributed by atoms with Crippen LogP contribution in [0.1, 0.15) is 0 Å². The Kier molecular flexibility index (Phi) is 3.40. The van der Waals surface area contributed by atoms with E-state index in [1.807, 2.05) is 0 Å². The van der Waals surface area contributed by atoms with Crippen LogP contribution in [-0.2, 0) is 16.1 Å². The highest BCUT2D eigenvalue weighted by Gasteiger charge is 2.10. The fourth-order valence-corrected chi connectivity index (χ4v) is 1.28. The number of carbonyl (C=O) groups excluding carboxylic acids is 1. The molecule has 0 aliphatic heterocycles. The number of hydrogen-bond donors (Lipinski definition) is 2. The predicted molar refractivity (Wildman–Crippen MR) is 45.4 cm³/mol. The van der Waals surface area contributed by atoms with E-state index in [1.54, 1.807) is 0 Å². The van der Waals surface area contributed by atoms with E-state index in [0.717, 1.165) is 16.4 Å². The Balaban J connectivity index is 2.62. The van der Waals surface area contributed by atoms with E-state index in [9.17, 15) is 9.59 Å². The van der Waals surface area contributed by atoms with Gasteiger partial charge in [-0.2, -0.15) is 0 Å². The number of primary amides is 1. The van der Waals surface area contributed by atoms with Gasteiger partial charge in [-0.25, -0.2) is 4.68 Å². The maximum Gasteiger partial charge on any atom is 0.325 e. The average molecular weight is 217 g/mol. The zero-order valence-electron chi connectivity index (χ0n) is 6.95. The molecule has 0 saturated heterocycles. The van der Waals surface area contributed by atoms with Crippen molar-refractivity contribution < 1.29 is 14.7 Å². The van der Waals surface area contributed by atoms with E-state index in [1.165, 1.54) is 0 Å². The van der Waals surface area contributed by atoms with Crippen LogP contribution in [0.3, 0.4) is 0 Å². The Hall–Kier alpha value is -1.64. The maximum absolute atomic E-state index is 10.4. The van der Waals surface area contributed by atoms with Gasteiger partial charge in [0, 0.05) is 0 Å². The summed E-state index contributed by atoms with van der Waals surface area (Å²) in [6.45, 7) is -0.339. The van der Waals surface area contributed by atoms with E-state index >= 15 is 0 Å². The number of nitrogens with two attached hydrogens (primary N) is 1. The lowest BCUT2D eigenvalue weighted by Crippen LogP contribution is -2.15. The molecule has 0 atom stereocenters. The molecule has 1 heterocycles. The van der Waals surface area contributed by atoms with Crippen molar-refractivity contribution in [2.75, 3.05) is 5.75 Å². The van der Waals surface area contributed by atoms with Crippen LogP contribution in [0.15, 0.2) is 5.16 Å². The summed E-state index contributed by atoms with van der Waals surface area (Å²) in [5.41, 5.74) is 4.91. The molecule has 0 aromatic carbocycles. The van der Waals surface area contributed by atoms with E-state index in [-0.39, 0.29) is 17.5 Å². The number of carboxylic acid groups (broad SMARTS) is 1. The number of amides is 1. The van der Waals surface area contributed by atoms with E-state index in [0.29, 0.717) is 0 Å². The molecule has 0 fully saturated rings. The number of rotatable bonds is 5. The summed E-state index contributed by atoms with van der Waals surface area (Å²) < 4.78 is 1.08. The van der Waals surface area contributed by atoms with Crippen molar-refractivity contribution in [3.8, 4) is 0 Å². The summed E-state index contributed by atoms with van der Waals surface area (Å²) in [4.78, 5) is 20.8. The van der Waals surface area contributed by atoms with Crippen molar-refractivity contribution in [3.05, 3.63) is 0 Å². The maximum atomic E-state index is 10.4. The molecule has 0 spiro atoms. The molecule has 9 heteroatoms. The minimum atomic E-state index is -1.06. The third kappa shape index (κ3) is 3.01. The van der Waals surface area contributed by atoms with Gasteiger partial charge in [0.1, 0.15) is 6.54 Å². The number of tetrazole rings is 1. The number of aliphatic carboxylic acids is 1. The highest BCUT2D eigenvalue weighted by Crippen LogP contribution is 2.12. The summed E-state index contributed by atoms with van der Waals surface area (Å²) >= 11 is 0.993. The van der Waals surface area contributed by atoms with Gasteiger partial charge in [0.15, 0.2) is 0 Å². The largest absolute Gasteiger partial charge is 0.480 e. The van der Waals surface area contributed by atoms with Crippen molar-refractivity contribution in [2.45, 2.75) is 11.7 Å². The summed E-state index contributed by atoms with van der Waals surface area (Å²) in [7, 11) is 0. The van der Waals surface area contributed by atoms with Crippen LogP contribution in [0.25, 0.3) is 0 Å². The molecule has 1 rings (SSSR count). The van der Waals surface area contributed by atoms with Crippen LogP contribution < -0.4 is 5.73 Å². The quantitative estimate of drug-likeness (QED) is 0.565. The molecule has 14 heavy (non-hydrogen) atoms. The van der Waals surface area contributed by atoms with Crippen LogP contribution in [0, 0.1) is 0 Å². The first-order valence-corrected chi connectivity index (χ1v) is 4.47. The molecule has 3 N–H and O–H groups in total. The molecular formula is C5H7N5O3S. The van der Waals surface area contributed by atoms with Crippen molar-refractivity contribution in [3.63, 3.8) is 0 Å². The topological polar surface area (TPSA) is 124 Å². The number of hydrogen-bond acceptors (Lipinski definition) is 6. The lowest BCUT2D eigenvalue weighted by molar-refractivity contribution is -0.138. The van der Waals surface area contributed by atoms with Gasteiger partial charge in [0.25, 0.3) is 0 Å². The van der Waals surface area contributed by atoms with Gasteiger partial charge in [-0.15, -0.1) is 5.10 Å². The minimum absolute atomic E-state index is 0.0139. The van der Waals surface area contributed by atoms with E-state index < -0.39 is 11.9 Å². The Labute approximate surface area is 82.5 Å². The molecule has 0 radical (unpaired) electrons. The van der Waals surface area contributed by atoms with Crippen LogP contribution in [0.2, 0.25) is 0 Å². The smallest absolute Gasteiger partial charge is 0.325 e. The van der Waals surface area contributed by atoms with Crippen LogP contribution in [0.5, 0.6) is 0 Å². The first-order valence-electron chi connectivity index (χ1n) is 3.48. The highest BCUT2D eigenvalue weighted by molar-refractivity contribution is 7.99. The average Bonchev–Trinajstić information content (AvgIpc) is 2.47. The van der Waals surface area contributed by atoms with Gasteiger partial charge in [-0.1, -0.05) is 11.8 Å². The number of aromatic nitrogens is 4. The Bertz CT molecular complexity index is 351.